The molecule has 1 atom stereocenters. The fourth-order valence-corrected chi connectivity index (χ4v) is 3.94. The molecule has 1 amide bonds. The quantitative estimate of drug-likeness (QED) is 0.433. The lowest BCUT2D eigenvalue weighted by molar-refractivity contribution is -0.119. The van der Waals surface area contributed by atoms with E-state index in [1.54, 1.807) is 7.11 Å². The van der Waals surface area contributed by atoms with Gasteiger partial charge in [0.05, 0.1) is 12.9 Å². The second-order valence-corrected chi connectivity index (χ2v) is 8.18. The summed E-state index contributed by atoms with van der Waals surface area (Å²) in [5, 5.41) is 15.2. The molecular weight excluding hydrogens is 368 g/mol. The van der Waals surface area contributed by atoms with E-state index in [0.29, 0.717) is 10.9 Å². The molecule has 2 aromatic rings. The second-order valence-electron chi connectivity index (χ2n) is 5.98. The third-order valence-electron chi connectivity index (χ3n) is 3.70. The van der Waals surface area contributed by atoms with E-state index in [2.05, 4.69) is 34.7 Å². The molecule has 0 saturated heterocycles. The maximum Gasteiger partial charge on any atom is 0.230 e. The van der Waals surface area contributed by atoms with Crippen molar-refractivity contribution in [1.82, 2.24) is 15.5 Å². The zero-order valence-electron chi connectivity index (χ0n) is 15.4. The number of anilines is 2. The highest BCUT2D eigenvalue weighted by Crippen LogP contribution is 2.28. The van der Waals surface area contributed by atoms with Crippen molar-refractivity contribution in [1.29, 1.82) is 0 Å². The van der Waals surface area contributed by atoms with Gasteiger partial charge in [-0.3, -0.25) is 4.79 Å². The lowest BCUT2D eigenvalue weighted by Crippen LogP contribution is -2.33. The Morgan fingerprint density at radius 2 is 2.19 bits per heavy atom. The number of carbonyl (C=O) groups is 1. The van der Waals surface area contributed by atoms with E-state index >= 15 is 0 Å². The van der Waals surface area contributed by atoms with Crippen LogP contribution in [0.1, 0.15) is 39.5 Å². The zero-order chi connectivity index (χ0) is 18.8. The fraction of sp³-hybridized carbons (Fsp3) is 0.500. The maximum atomic E-state index is 12.0. The Bertz CT molecular complexity index is 693. The van der Waals surface area contributed by atoms with Crippen LogP contribution in [0.15, 0.2) is 28.6 Å². The number of benzene rings is 1. The standard InChI is InChI=1S/C18H26N4O2S2/c1-4-5-6-8-13(2)19-16(23)12-25-18-22-21-17(26-18)20-14-9-7-10-15(11-14)24-3/h7,9-11,13H,4-6,8,12H2,1-3H3,(H,19,23)(H,20,21). The Labute approximate surface area is 163 Å². The van der Waals surface area contributed by atoms with Crippen LogP contribution in [0, 0.1) is 0 Å². The highest BCUT2D eigenvalue weighted by Gasteiger charge is 2.11. The number of ether oxygens (including phenoxy) is 1. The largest absolute Gasteiger partial charge is 0.497 e. The van der Waals surface area contributed by atoms with Gasteiger partial charge in [0.2, 0.25) is 11.0 Å². The van der Waals surface area contributed by atoms with Crippen LogP contribution in [0.4, 0.5) is 10.8 Å². The van der Waals surface area contributed by atoms with Gasteiger partial charge in [-0.05, 0) is 25.5 Å². The Balaban J connectivity index is 1.76. The molecule has 6 nitrogen and oxygen atoms in total. The number of thioether (sulfide) groups is 1. The molecule has 0 aliphatic carbocycles. The summed E-state index contributed by atoms with van der Waals surface area (Å²) in [7, 11) is 1.63. The van der Waals surface area contributed by atoms with Crippen LogP contribution in [0.3, 0.4) is 0 Å². The third-order valence-corrected chi connectivity index (χ3v) is 5.67. The molecule has 0 spiro atoms. The number of methoxy groups -OCH3 is 1. The number of nitrogens with zero attached hydrogens (tertiary/aromatic N) is 2. The summed E-state index contributed by atoms with van der Waals surface area (Å²) in [5.41, 5.74) is 0.885. The van der Waals surface area contributed by atoms with Crippen molar-refractivity contribution in [2.24, 2.45) is 0 Å². The summed E-state index contributed by atoms with van der Waals surface area (Å²) in [6, 6.07) is 7.83. The van der Waals surface area contributed by atoms with Crippen LogP contribution in [-0.4, -0.2) is 35.0 Å². The van der Waals surface area contributed by atoms with Crippen molar-refractivity contribution < 1.29 is 9.53 Å². The molecule has 0 bridgehead atoms. The predicted molar refractivity (Wildman–Crippen MR) is 109 cm³/mol. The molecule has 0 aliphatic rings. The maximum absolute atomic E-state index is 12.0. The molecule has 142 valence electrons. The van der Waals surface area contributed by atoms with Gasteiger partial charge in [-0.2, -0.15) is 0 Å². The Kier molecular flexibility index (Phi) is 8.70. The van der Waals surface area contributed by atoms with Gasteiger partial charge in [-0.15, -0.1) is 10.2 Å². The molecule has 0 fully saturated rings. The topological polar surface area (TPSA) is 76.1 Å². The van der Waals surface area contributed by atoms with Crippen molar-refractivity contribution in [3.63, 3.8) is 0 Å². The van der Waals surface area contributed by atoms with E-state index in [0.717, 1.165) is 28.6 Å². The number of carbonyl (C=O) groups excluding carboxylic acids is 1. The highest BCUT2D eigenvalue weighted by atomic mass is 32.2. The van der Waals surface area contributed by atoms with Crippen LogP contribution in [0.5, 0.6) is 5.75 Å². The summed E-state index contributed by atoms with van der Waals surface area (Å²) in [6.07, 6.45) is 4.58. The molecule has 0 aliphatic heterocycles. The van der Waals surface area contributed by atoms with E-state index in [9.17, 15) is 4.79 Å². The minimum Gasteiger partial charge on any atom is -0.497 e. The highest BCUT2D eigenvalue weighted by molar-refractivity contribution is 8.01. The van der Waals surface area contributed by atoms with E-state index < -0.39 is 0 Å². The first kappa shape index (κ1) is 20.5. The second kappa shape index (κ2) is 11.0. The molecule has 1 aromatic carbocycles. The van der Waals surface area contributed by atoms with Gasteiger partial charge in [0.25, 0.3) is 0 Å². The van der Waals surface area contributed by atoms with Crippen LogP contribution < -0.4 is 15.4 Å². The van der Waals surface area contributed by atoms with Gasteiger partial charge in [-0.1, -0.05) is 55.4 Å². The number of amides is 1. The first-order chi connectivity index (χ1) is 12.6. The lowest BCUT2D eigenvalue weighted by Gasteiger charge is -2.12. The SMILES string of the molecule is CCCCCC(C)NC(=O)CSc1nnc(Nc2cccc(OC)c2)s1. The summed E-state index contributed by atoms with van der Waals surface area (Å²) in [6.45, 7) is 4.23. The average molecular weight is 395 g/mol. The van der Waals surface area contributed by atoms with E-state index in [4.69, 9.17) is 4.74 Å². The summed E-state index contributed by atoms with van der Waals surface area (Å²) >= 11 is 2.83. The van der Waals surface area contributed by atoms with E-state index in [1.165, 1.54) is 35.9 Å². The van der Waals surface area contributed by atoms with Crippen molar-refractivity contribution in [3.8, 4) is 5.75 Å². The lowest BCUT2D eigenvalue weighted by atomic mass is 10.1. The summed E-state index contributed by atoms with van der Waals surface area (Å²) in [5.74, 6) is 1.17. The van der Waals surface area contributed by atoms with Crippen molar-refractivity contribution in [2.45, 2.75) is 49.9 Å². The summed E-state index contributed by atoms with van der Waals surface area (Å²) in [4.78, 5) is 12.0. The number of hydrogen-bond donors (Lipinski definition) is 2. The zero-order valence-corrected chi connectivity index (χ0v) is 17.1. The number of unbranched alkanes of at least 4 members (excludes halogenated alkanes) is 2. The summed E-state index contributed by atoms with van der Waals surface area (Å²) < 4.78 is 5.97. The molecule has 0 radical (unpaired) electrons. The van der Waals surface area contributed by atoms with Crippen molar-refractivity contribution >= 4 is 39.8 Å². The fourth-order valence-electron chi connectivity index (χ4n) is 2.36. The first-order valence-corrected chi connectivity index (χ1v) is 10.6. The minimum atomic E-state index is 0.0384. The number of rotatable bonds is 11. The van der Waals surface area contributed by atoms with Crippen LogP contribution in [0.2, 0.25) is 0 Å². The smallest absolute Gasteiger partial charge is 0.230 e. The van der Waals surface area contributed by atoms with Crippen molar-refractivity contribution in [2.75, 3.05) is 18.2 Å². The van der Waals surface area contributed by atoms with Crippen molar-refractivity contribution in [3.05, 3.63) is 24.3 Å². The predicted octanol–water partition coefficient (Wildman–Crippen LogP) is 4.47. The van der Waals surface area contributed by atoms with Crippen LogP contribution >= 0.6 is 23.1 Å². The monoisotopic (exact) mass is 394 g/mol. The third kappa shape index (κ3) is 7.21. The molecule has 1 unspecified atom stereocenters. The van der Waals surface area contributed by atoms with Gasteiger partial charge >= 0.3 is 0 Å². The van der Waals surface area contributed by atoms with Crippen LogP contribution in [0.25, 0.3) is 0 Å². The Morgan fingerprint density at radius 1 is 1.35 bits per heavy atom. The van der Waals surface area contributed by atoms with Gasteiger partial charge in [0, 0.05) is 17.8 Å². The molecule has 26 heavy (non-hydrogen) atoms. The average Bonchev–Trinajstić information content (AvgIpc) is 3.07. The van der Waals surface area contributed by atoms with Gasteiger partial charge in [0.15, 0.2) is 4.34 Å². The molecule has 2 rings (SSSR count). The van der Waals surface area contributed by atoms with Gasteiger partial charge < -0.3 is 15.4 Å². The van der Waals surface area contributed by atoms with Gasteiger partial charge in [-0.25, -0.2) is 0 Å². The molecule has 0 saturated carbocycles. The van der Waals surface area contributed by atoms with Crippen LogP contribution in [-0.2, 0) is 4.79 Å². The normalized spacial score (nSPS) is 11.8. The molecule has 1 heterocycles. The van der Waals surface area contributed by atoms with Gasteiger partial charge in [0.1, 0.15) is 5.75 Å². The van der Waals surface area contributed by atoms with E-state index in [1.807, 2.05) is 24.3 Å². The first-order valence-electron chi connectivity index (χ1n) is 8.77. The number of nitrogens with one attached hydrogen (secondary N) is 2. The molecular formula is C18H26N4O2S2. The molecule has 8 heteroatoms. The number of aromatic nitrogens is 2. The van der Waals surface area contributed by atoms with E-state index in [-0.39, 0.29) is 11.9 Å². The minimum absolute atomic E-state index is 0.0384. The molecule has 1 aromatic heterocycles. The number of hydrogen-bond acceptors (Lipinski definition) is 7. The Morgan fingerprint density at radius 3 is 2.96 bits per heavy atom. The molecule has 2 N–H and O–H groups in total. The Hall–Kier alpha value is -1.80.